The summed E-state index contributed by atoms with van der Waals surface area (Å²) < 4.78 is 10.2. The van der Waals surface area contributed by atoms with Crippen molar-refractivity contribution in [2.45, 2.75) is 26.2 Å². The molecule has 0 fully saturated rings. The Morgan fingerprint density at radius 3 is 2.30 bits per heavy atom. The molecule has 5 heteroatoms. The topological polar surface area (TPSA) is 74.6 Å². The van der Waals surface area contributed by atoms with E-state index in [9.17, 15) is 9.36 Å². The van der Waals surface area contributed by atoms with Gasteiger partial charge in [0.2, 0.25) is 5.52 Å². The van der Waals surface area contributed by atoms with Gasteiger partial charge in [0.25, 0.3) is 0 Å². The largest absolute Gasteiger partial charge is 0.391 e. The normalized spacial score (nSPS) is 11.5. The molecule has 0 heterocycles. The van der Waals surface area contributed by atoms with E-state index in [1.165, 1.54) is 0 Å². The van der Waals surface area contributed by atoms with Crippen LogP contribution in [0, 0.1) is 0 Å². The number of carbonyl (C=O) groups excluding carboxylic acids is 1. The molecule has 2 N–H and O–H groups in total. The Morgan fingerprint density at radius 2 is 2.00 bits per heavy atom. The number of carbonyl (C=O) groups is 1. The minimum absolute atomic E-state index is 0.0131. The zero-order chi connectivity index (χ0) is 8.20. The van der Waals surface area contributed by atoms with Gasteiger partial charge < -0.3 is 9.79 Å². The summed E-state index contributed by atoms with van der Waals surface area (Å²) in [7, 11) is -4.43. The molecule has 0 aromatic carbocycles. The quantitative estimate of drug-likeness (QED) is 0.608. The summed E-state index contributed by atoms with van der Waals surface area (Å²) in [6, 6.07) is 0. The minimum Gasteiger partial charge on any atom is -0.319 e. The first kappa shape index (κ1) is 9.82. The van der Waals surface area contributed by atoms with E-state index in [0.717, 1.165) is 6.42 Å². The second-order valence-electron chi connectivity index (χ2n) is 2.04. The molecule has 0 saturated carbocycles. The van der Waals surface area contributed by atoms with Crippen molar-refractivity contribution in [3.8, 4) is 0 Å². The third kappa shape index (κ3) is 3.77. The fraction of sp³-hybridized carbons (Fsp3) is 0.800. The summed E-state index contributed by atoms with van der Waals surface area (Å²) in [5, 5.41) is 0. The summed E-state index contributed by atoms with van der Waals surface area (Å²) in [6.07, 6.45) is 1.30. The van der Waals surface area contributed by atoms with E-state index >= 15 is 0 Å². The monoisotopic (exact) mass is 166 g/mol. The van der Waals surface area contributed by atoms with Crippen LogP contribution in [0.3, 0.4) is 0 Å². The highest BCUT2D eigenvalue weighted by molar-refractivity contribution is 7.70. The molecule has 0 spiro atoms. The van der Waals surface area contributed by atoms with Crippen LogP contribution in [-0.4, -0.2) is 15.3 Å². The summed E-state index contributed by atoms with van der Waals surface area (Å²) >= 11 is 0. The maximum atomic E-state index is 10.5. The van der Waals surface area contributed by atoms with Crippen molar-refractivity contribution in [3.63, 3.8) is 0 Å². The lowest BCUT2D eigenvalue weighted by Crippen LogP contribution is -1.97. The Bertz CT molecular complexity index is 159. The van der Waals surface area contributed by atoms with E-state index in [1.807, 2.05) is 6.92 Å². The van der Waals surface area contributed by atoms with E-state index in [2.05, 4.69) is 0 Å². The maximum Gasteiger partial charge on any atom is 0.391 e. The lowest BCUT2D eigenvalue weighted by atomic mass is 10.3. The second-order valence-corrected chi connectivity index (χ2v) is 3.63. The van der Waals surface area contributed by atoms with Crippen molar-refractivity contribution in [2.75, 3.05) is 0 Å². The molecule has 0 rings (SSSR count). The standard InChI is InChI=1S/C5H11O4P/c1-2-3-4-5(6)10(7,8)9/h2-4H2,1H3,(H2,7,8,9). The molecule has 4 nitrogen and oxygen atoms in total. The first-order valence-corrected chi connectivity index (χ1v) is 4.68. The number of rotatable bonds is 4. The van der Waals surface area contributed by atoms with Crippen LogP contribution in [0.1, 0.15) is 26.2 Å². The molecule has 0 saturated heterocycles. The van der Waals surface area contributed by atoms with Crippen LogP contribution in [-0.2, 0) is 9.36 Å². The van der Waals surface area contributed by atoms with E-state index in [-0.39, 0.29) is 6.42 Å². The molecule has 0 unspecified atom stereocenters. The Morgan fingerprint density at radius 1 is 1.50 bits per heavy atom. The van der Waals surface area contributed by atoms with Crippen LogP contribution in [0.15, 0.2) is 0 Å². The molecule has 0 aromatic rings. The van der Waals surface area contributed by atoms with Crippen LogP contribution < -0.4 is 0 Å². The summed E-state index contributed by atoms with van der Waals surface area (Å²) in [6.45, 7) is 1.85. The number of hydrogen-bond donors (Lipinski definition) is 2. The van der Waals surface area contributed by atoms with Crippen molar-refractivity contribution < 1.29 is 19.1 Å². The van der Waals surface area contributed by atoms with Gasteiger partial charge in [-0.15, -0.1) is 0 Å². The third-order valence-electron chi connectivity index (χ3n) is 1.07. The zero-order valence-corrected chi connectivity index (χ0v) is 6.67. The number of hydrogen-bond acceptors (Lipinski definition) is 2. The predicted octanol–water partition coefficient (Wildman–Crippen LogP) is 0.881. The van der Waals surface area contributed by atoms with Crippen LogP contribution in [0.5, 0.6) is 0 Å². The highest BCUT2D eigenvalue weighted by atomic mass is 31.2. The van der Waals surface area contributed by atoms with Gasteiger partial charge in [0.1, 0.15) is 0 Å². The zero-order valence-electron chi connectivity index (χ0n) is 5.78. The lowest BCUT2D eigenvalue weighted by Gasteiger charge is -1.99. The minimum atomic E-state index is -4.43. The Balaban J connectivity index is 3.76. The van der Waals surface area contributed by atoms with Crippen LogP contribution in [0.25, 0.3) is 0 Å². The first-order valence-electron chi connectivity index (χ1n) is 3.07. The Kier molecular flexibility index (Phi) is 3.79. The smallest absolute Gasteiger partial charge is 0.319 e. The third-order valence-corrected chi connectivity index (χ3v) is 1.94. The highest BCUT2D eigenvalue weighted by Gasteiger charge is 2.23. The molecule has 0 aliphatic rings. The van der Waals surface area contributed by atoms with Crippen molar-refractivity contribution >= 4 is 13.1 Å². The van der Waals surface area contributed by atoms with Gasteiger partial charge in [-0.25, -0.2) is 0 Å². The SMILES string of the molecule is CCCCC(=O)P(=O)(O)O. The molecule has 10 heavy (non-hydrogen) atoms. The maximum absolute atomic E-state index is 10.5. The molecular formula is C5H11O4P. The molecule has 0 aromatic heterocycles. The van der Waals surface area contributed by atoms with Crippen molar-refractivity contribution in [1.29, 1.82) is 0 Å². The molecule has 0 amide bonds. The molecule has 0 radical (unpaired) electrons. The average molecular weight is 166 g/mol. The molecular weight excluding hydrogens is 155 g/mol. The molecule has 0 aliphatic carbocycles. The van der Waals surface area contributed by atoms with Crippen molar-refractivity contribution in [1.82, 2.24) is 0 Å². The van der Waals surface area contributed by atoms with Gasteiger partial charge in [0.15, 0.2) is 0 Å². The van der Waals surface area contributed by atoms with Crippen molar-refractivity contribution in [3.05, 3.63) is 0 Å². The average Bonchev–Trinajstić information content (AvgIpc) is 1.80. The van der Waals surface area contributed by atoms with Gasteiger partial charge >= 0.3 is 7.60 Å². The van der Waals surface area contributed by atoms with Crippen LogP contribution in [0.2, 0.25) is 0 Å². The highest BCUT2D eigenvalue weighted by Crippen LogP contribution is 2.37. The van der Waals surface area contributed by atoms with E-state index < -0.39 is 13.1 Å². The van der Waals surface area contributed by atoms with Gasteiger partial charge in [0.05, 0.1) is 0 Å². The van der Waals surface area contributed by atoms with Gasteiger partial charge in [-0.1, -0.05) is 13.3 Å². The molecule has 0 bridgehead atoms. The first-order chi connectivity index (χ1) is 4.48. The van der Waals surface area contributed by atoms with E-state index in [4.69, 9.17) is 9.79 Å². The van der Waals surface area contributed by atoms with Gasteiger partial charge in [0, 0.05) is 6.42 Å². The molecule has 60 valence electrons. The van der Waals surface area contributed by atoms with Crippen LogP contribution >= 0.6 is 7.60 Å². The lowest BCUT2D eigenvalue weighted by molar-refractivity contribution is -0.113. The summed E-state index contributed by atoms with van der Waals surface area (Å²) in [5.41, 5.74) is -0.950. The predicted molar refractivity (Wildman–Crippen MR) is 36.6 cm³/mol. The number of unbranched alkanes of at least 4 members (excludes halogenated alkanes) is 1. The Labute approximate surface area is 59.4 Å². The molecule has 0 atom stereocenters. The summed E-state index contributed by atoms with van der Waals surface area (Å²) in [4.78, 5) is 27.0. The fourth-order valence-corrected chi connectivity index (χ4v) is 0.923. The summed E-state index contributed by atoms with van der Waals surface area (Å²) in [5.74, 6) is 0. The van der Waals surface area contributed by atoms with Gasteiger partial charge in [-0.2, -0.15) is 0 Å². The fourth-order valence-electron chi connectivity index (χ4n) is 0.474. The van der Waals surface area contributed by atoms with E-state index in [1.54, 1.807) is 0 Å². The molecule has 0 aliphatic heterocycles. The van der Waals surface area contributed by atoms with Gasteiger partial charge in [-0.05, 0) is 6.42 Å². The second kappa shape index (κ2) is 3.86. The van der Waals surface area contributed by atoms with E-state index in [0.29, 0.717) is 6.42 Å². The van der Waals surface area contributed by atoms with Crippen molar-refractivity contribution in [2.24, 2.45) is 0 Å². The van der Waals surface area contributed by atoms with Crippen LogP contribution in [0.4, 0.5) is 0 Å². The Hall–Kier alpha value is -0.180. The van der Waals surface area contributed by atoms with Gasteiger partial charge in [-0.3, -0.25) is 9.36 Å².